The molecular weight excluding hydrogens is 358 g/mol. The third kappa shape index (κ3) is 4.18. The van der Waals surface area contributed by atoms with Gasteiger partial charge in [0.05, 0.1) is 5.69 Å². The van der Waals surface area contributed by atoms with E-state index >= 15 is 0 Å². The summed E-state index contributed by atoms with van der Waals surface area (Å²) in [5, 5.41) is 9.96. The van der Waals surface area contributed by atoms with Gasteiger partial charge < -0.3 is 14.6 Å². The summed E-state index contributed by atoms with van der Waals surface area (Å²) in [5.41, 5.74) is -1.09. The highest BCUT2D eigenvalue weighted by atomic mass is 16.7. The van der Waals surface area contributed by atoms with Crippen LogP contribution in [-0.2, 0) is 28.4 Å². The molecule has 1 aromatic heterocycles. The second kappa shape index (κ2) is 8.23. The Bertz CT molecular complexity index is 1020. The summed E-state index contributed by atoms with van der Waals surface area (Å²) in [6.45, 7) is -0.328. The van der Waals surface area contributed by atoms with Crippen LogP contribution in [0.25, 0.3) is 0 Å². The Morgan fingerprint density at radius 2 is 1.78 bits per heavy atom. The predicted molar refractivity (Wildman–Crippen MR) is 94.6 cm³/mol. The lowest BCUT2D eigenvalue weighted by molar-refractivity contribution is -0.148. The van der Waals surface area contributed by atoms with Crippen molar-refractivity contribution in [3.8, 4) is 5.88 Å². The Labute approximate surface area is 152 Å². The number of aromatic nitrogens is 2. The van der Waals surface area contributed by atoms with Crippen molar-refractivity contribution in [3.63, 3.8) is 0 Å². The summed E-state index contributed by atoms with van der Waals surface area (Å²) in [7, 11) is 3.92. The van der Waals surface area contributed by atoms with Crippen molar-refractivity contribution in [3.05, 3.63) is 56.2 Å². The molecular formula is C17H17N3O7. The van der Waals surface area contributed by atoms with Crippen molar-refractivity contribution in [1.82, 2.24) is 9.13 Å². The first-order valence-electron chi connectivity index (χ1n) is 7.61. The van der Waals surface area contributed by atoms with Crippen LogP contribution in [0.4, 0.5) is 5.69 Å². The molecule has 0 spiro atoms. The third-order valence-corrected chi connectivity index (χ3v) is 3.63. The number of ketones is 1. The molecule has 142 valence electrons. The molecule has 0 aliphatic rings. The van der Waals surface area contributed by atoms with E-state index in [-0.39, 0.29) is 17.9 Å². The average molecular weight is 375 g/mol. The van der Waals surface area contributed by atoms with E-state index in [1.54, 1.807) is 0 Å². The van der Waals surface area contributed by atoms with Gasteiger partial charge in [0.2, 0.25) is 5.88 Å². The van der Waals surface area contributed by atoms with Gasteiger partial charge in [-0.25, -0.2) is 9.59 Å². The molecule has 0 bridgehead atoms. The van der Waals surface area contributed by atoms with Crippen molar-refractivity contribution in [2.24, 2.45) is 19.1 Å². The molecule has 0 saturated carbocycles. The molecule has 0 atom stereocenters. The molecule has 1 N–H and O–H groups in total. The molecule has 0 saturated heterocycles. The Morgan fingerprint density at radius 3 is 2.37 bits per heavy atom. The first kappa shape index (κ1) is 19.8. The maximum atomic E-state index is 12.1. The fraction of sp³-hybridized carbons (Fsp3) is 0.235. The number of esters is 1. The van der Waals surface area contributed by atoms with E-state index in [1.807, 2.05) is 0 Å². The van der Waals surface area contributed by atoms with Crippen LogP contribution in [0.3, 0.4) is 0 Å². The maximum Gasteiger partial charge on any atom is 0.381 e. The van der Waals surface area contributed by atoms with Gasteiger partial charge in [-0.15, -0.1) is 0 Å². The van der Waals surface area contributed by atoms with Crippen molar-refractivity contribution in [1.29, 1.82) is 0 Å². The molecule has 2 rings (SSSR count). The highest BCUT2D eigenvalue weighted by Crippen LogP contribution is 2.15. The van der Waals surface area contributed by atoms with Gasteiger partial charge >= 0.3 is 11.7 Å². The highest BCUT2D eigenvalue weighted by molar-refractivity contribution is 6.40. The molecule has 2 aromatic rings. The average Bonchev–Trinajstić information content (AvgIpc) is 2.68. The van der Waals surface area contributed by atoms with Crippen LogP contribution in [0.5, 0.6) is 5.88 Å². The Balaban J connectivity index is 2.25. The van der Waals surface area contributed by atoms with Crippen molar-refractivity contribution < 1.29 is 24.2 Å². The van der Waals surface area contributed by atoms with Gasteiger partial charge in [0.15, 0.2) is 6.79 Å². The van der Waals surface area contributed by atoms with E-state index in [0.29, 0.717) is 5.69 Å². The Kier molecular flexibility index (Phi) is 6.03. The number of rotatable bonds is 6. The van der Waals surface area contributed by atoms with E-state index in [4.69, 9.17) is 0 Å². The lowest BCUT2D eigenvalue weighted by Crippen LogP contribution is -2.38. The number of carbonyl (C=O) groups is 2. The molecule has 0 amide bonds. The second-order valence-electron chi connectivity index (χ2n) is 5.42. The number of ether oxygens (including phenoxy) is 2. The molecule has 27 heavy (non-hydrogen) atoms. The predicted octanol–water partition coefficient (Wildman–Crippen LogP) is -0.130. The quantitative estimate of drug-likeness (QED) is 0.245. The van der Waals surface area contributed by atoms with Gasteiger partial charge in [-0.2, -0.15) is 0 Å². The minimum Gasteiger partial charge on any atom is -0.494 e. The van der Waals surface area contributed by atoms with Crippen molar-refractivity contribution in [2.75, 3.05) is 13.9 Å². The van der Waals surface area contributed by atoms with Crippen molar-refractivity contribution >= 4 is 23.7 Å². The molecule has 0 unspecified atom stereocenters. The van der Waals surface area contributed by atoms with Crippen LogP contribution in [0.2, 0.25) is 0 Å². The minimum atomic E-state index is -1.05. The first-order valence-corrected chi connectivity index (χ1v) is 7.61. The third-order valence-electron chi connectivity index (χ3n) is 3.63. The van der Waals surface area contributed by atoms with E-state index < -0.39 is 28.9 Å². The summed E-state index contributed by atoms with van der Waals surface area (Å²) in [6, 6.07) is 5.61. The molecule has 10 heteroatoms. The van der Waals surface area contributed by atoms with Crippen LogP contribution in [0.15, 0.2) is 38.8 Å². The molecule has 1 aromatic carbocycles. The lowest BCUT2D eigenvalue weighted by Gasteiger charge is -2.07. The van der Waals surface area contributed by atoms with Crippen molar-refractivity contribution in [2.45, 2.75) is 0 Å². The van der Waals surface area contributed by atoms with Crippen LogP contribution < -0.4 is 11.2 Å². The number of aromatic hydroxyl groups is 1. The topological polar surface area (TPSA) is 129 Å². The number of benzene rings is 1. The SMILES string of the molecule is COCOC(=O)C(=O)c1ccc(N=Cc2c(O)n(C)c(=O)n(C)c2=O)cc1. The number of Topliss-reactive ketones (excluding diaryl/α,β-unsaturated/α-hetero) is 1. The molecule has 0 radical (unpaired) electrons. The van der Waals surface area contributed by atoms with Gasteiger partial charge in [-0.3, -0.25) is 23.7 Å². The smallest absolute Gasteiger partial charge is 0.381 e. The van der Waals surface area contributed by atoms with Crippen LogP contribution in [-0.4, -0.2) is 46.1 Å². The van der Waals surface area contributed by atoms with Gasteiger partial charge in [0.1, 0.15) is 5.56 Å². The van der Waals surface area contributed by atoms with E-state index in [1.165, 1.54) is 45.5 Å². The molecule has 0 fully saturated rings. The zero-order chi connectivity index (χ0) is 20.1. The first-order chi connectivity index (χ1) is 12.8. The summed E-state index contributed by atoms with van der Waals surface area (Å²) >= 11 is 0. The van der Waals surface area contributed by atoms with Crippen LogP contribution in [0.1, 0.15) is 15.9 Å². The summed E-state index contributed by atoms with van der Waals surface area (Å²) < 4.78 is 10.9. The van der Waals surface area contributed by atoms with E-state index in [9.17, 15) is 24.3 Å². The Morgan fingerprint density at radius 1 is 1.15 bits per heavy atom. The second-order valence-corrected chi connectivity index (χ2v) is 5.42. The number of methoxy groups -OCH3 is 1. The number of hydrogen-bond donors (Lipinski definition) is 1. The normalized spacial score (nSPS) is 10.9. The van der Waals surface area contributed by atoms with Gasteiger partial charge in [0.25, 0.3) is 11.3 Å². The summed E-state index contributed by atoms with van der Waals surface area (Å²) in [4.78, 5) is 51.2. The zero-order valence-corrected chi connectivity index (χ0v) is 14.8. The standard InChI is InChI=1S/C17H17N3O7/c1-19-14(22)12(15(23)20(2)17(19)25)8-18-11-6-4-10(5-7-11)13(21)16(24)27-9-26-3/h4-8,22H,9H2,1-3H3. The molecule has 10 nitrogen and oxygen atoms in total. The Hall–Kier alpha value is -3.53. The monoisotopic (exact) mass is 375 g/mol. The summed E-state index contributed by atoms with van der Waals surface area (Å²) in [5.74, 6) is -2.40. The van der Waals surface area contributed by atoms with E-state index in [2.05, 4.69) is 14.5 Å². The fourth-order valence-corrected chi connectivity index (χ4v) is 2.11. The highest BCUT2D eigenvalue weighted by Gasteiger charge is 2.17. The molecule has 0 aliphatic heterocycles. The zero-order valence-electron chi connectivity index (χ0n) is 14.8. The number of hydrogen-bond acceptors (Lipinski definition) is 8. The molecule has 0 aliphatic carbocycles. The largest absolute Gasteiger partial charge is 0.494 e. The number of aliphatic imine (C=N–C) groups is 1. The van der Waals surface area contributed by atoms with Gasteiger partial charge in [-0.05, 0) is 24.3 Å². The van der Waals surface area contributed by atoms with Gasteiger partial charge in [-0.1, -0.05) is 0 Å². The maximum absolute atomic E-state index is 12.1. The lowest BCUT2D eigenvalue weighted by atomic mass is 10.1. The fourth-order valence-electron chi connectivity index (χ4n) is 2.11. The number of nitrogens with zero attached hydrogens (tertiary/aromatic N) is 3. The number of carbonyl (C=O) groups excluding carboxylic acids is 2. The van der Waals surface area contributed by atoms with Crippen LogP contribution >= 0.6 is 0 Å². The summed E-state index contributed by atoms with van der Waals surface area (Å²) in [6.07, 6.45) is 1.11. The molecule has 1 heterocycles. The van der Waals surface area contributed by atoms with E-state index in [0.717, 1.165) is 15.3 Å². The van der Waals surface area contributed by atoms with Crippen LogP contribution in [0, 0.1) is 0 Å². The minimum absolute atomic E-state index is 0.0934. The van der Waals surface area contributed by atoms with Gasteiger partial charge in [0, 0.05) is 33.0 Å².